The van der Waals surface area contributed by atoms with E-state index in [9.17, 15) is 29.8 Å². The lowest BCUT2D eigenvalue weighted by molar-refractivity contribution is 0.483. The molecular weight excluding hydrogens is 673 g/mol. The number of nitrogens with one attached hydrogen (secondary N) is 1. The largest absolute Gasteiger partial charge is 0.456 e. The predicted octanol–water partition coefficient (Wildman–Crippen LogP) is 6.60. The van der Waals surface area contributed by atoms with Crippen molar-refractivity contribution in [2.24, 2.45) is 4.99 Å². The Morgan fingerprint density at radius 1 is 0.708 bits per heavy atom. The summed E-state index contributed by atoms with van der Waals surface area (Å²) in [6.07, 6.45) is 0. The van der Waals surface area contributed by atoms with Crippen LogP contribution in [-0.2, 0) is 31.5 Å². The van der Waals surface area contributed by atoms with Gasteiger partial charge in [-0.3, -0.25) is 4.55 Å². The molecule has 4 aromatic carbocycles. The Balaban J connectivity index is 1.79. The molecule has 1 aliphatic heterocycles. The van der Waals surface area contributed by atoms with E-state index in [0.29, 0.717) is 11.4 Å². The van der Waals surface area contributed by atoms with E-state index in [1.807, 2.05) is 64.1 Å². The molecule has 1 aliphatic carbocycles. The fourth-order valence-corrected chi connectivity index (χ4v) is 7.66. The highest BCUT2D eigenvalue weighted by Crippen LogP contribution is 2.44. The van der Waals surface area contributed by atoms with E-state index in [4.69, 9.17) is 9.41 Å². The fraction of sp³-hybridized carbons (Fsp3) is 0.114. The summed E-state index contributed by atoms with van der Waals surface area (Å²) in [6.45, 7) is 7.48. The molecular formula is C35H30N2O8S3. The lowest BCUT2D eigenvalue weighted by Crippen LogP contribution is -2.11. The maximum absolute atomic E-state index is 12.7. The number of hydrogen-bond acceptors (Lipinski definition) is 9. The Labute approximate surface area is 280 Å². The van der Waals surface area contributed by atoms with Crippen LogP contribution in [-0.4, -0.2) is 29.8 Å². The number of anilines is 2. The number of benzene rings is 5. The average molecular weight is 703 g/mol. The van der Waals surface area contributed by atoms with Crippen LogP contribution < -0.4 is 10.7 Å². The quantitative estimate of drug-likeness (QED) is 0.0816. The van der Waals surface area contributed by atoms with Crippen molar-refractivity contribution in [3.8, 4) is 22.5 Å². The van der Waals surface area contributed by atoms with Crippen molar-refractivity contribution >= 4 is 59.6 Å². The number of nitrogens with zero attached hydrogens (tertiary/aromatic N) is 1. The maximum Gasteiger partial charge on any atom is 0.295 e. The van der Waals surface area contributed by atoms with Crippen LogP contribution in [0, 0.1) is 27.7 Å². The predicted molar refractivity (Wildman–Crippen MR) is 186 cm³/mol. The van der Waals surface area contributed by atoms with E-state index in [2.05, 4.69) is 5.32 Å². The minimum Gasteiger partial charge on any atom is -0.456 e. The highest BCUT2D eigenvalue weighted by atomic mass is 32.2. The zero-order valence-electron chi connectivity index (χ0n) is 26.1. The third kappa shape index (κ3) is 6.13. The van der Waals surface area contributed by atoms with Crippen LogP contribution >= 0.6 is 0 Å². The molecule has 0 bridgehead atoms. The van der Waals surface area contributed by atoms with Crippen molar-refractivity contribution in [2.75, 3.05) is 5.32 Å². The number of para-hydroxylation sites is 2. The molecule has 0 spiro atoms. The van der Waals surface area contributed by atoms with E-state index in [1.54, 1.807) is 6.07 Å². The molecule has 1 heterocycles. The van der Waals surface area contributed by atoms with Gasteiger partial charge in [-0.2, -0.15) is 8.42 Å². The Bertz CT molecular complexity index is 2550. The molecule has 0 saturated carbocycles. The molecule has 0 radical (unpaired) electrons. The van der Waals surface area contributed by atoms with Gasteiger partial charge >= 0.3 is 0 Å². The van der Waals surface area contributed by atoms with Gasteiger partial charge < -0.3 is 9.73 Å². The second-order valence-corrected chi connectivity index (χ2v) is 14.8. The summed E-state index contributed by atoms with van der Waals surface area (Å²) in [7, 11) is -11.2. The zero-order chi connectivity index (χ0) is 34.5. The van der Waals surface area contributed by atoms with Crippen LogP contribution in [0.5, 0.6) is 0 Å². The molecule has 0 amide bonds. The van der Waals surface area contributed by atoms with Crippen LogP contribution in [0.2, 0.25) is 0 Å². The normalized spacial score (nSPS) is 12.4. The van der Waals surface area contributed by atoms with Crippen molar-refractivity contribution in [3.63, 3.8) is 0 Å². The van der Waals surface area contributed by atoms with E-state index >= 15 is 0 Å². The number of aryl methyl sites for hydroxylation is 4. The van der Waals surface area contributed by atoms with E-state index in [1.165, 1.54) is 42.5 Å². The molecule has 48 heavy (non-hydrogen) atoms. The molecule has 10 nitrogen and oxygen atoms in total. The van der Waals surface area contributed by atoms with Gasteiger partial charge in [-0.05, 0) is 68.1 Å². The van der Waals surface area contributed by atoms with E-state index < -0.39 is 36.4 Å². The highest BCUT2D eigenvalue weighted by Gasteiger charge is 2.26. The topological polar surface area (TPSA) is 160 Å². The highest BCUT2D eigenvalue weighted by molar-refractivity contribution is 7.86. The lowest BCUT2D eigenvalue weighted by Gasteiger charge is -2.20. The summed E-state index contributed by atoms with van der Waals surface area (Å²) in [5.41, 5.74) is 5.37. The van der Waals surface area contributed by atoms with Gasteiger partial charge in [0.1, 0.15) is 16.2 Å². The van der Waals surface area contributed by atoms with Gasteiger partial charge in [-0.1, -0.05) is 54.6 Å². The van der Waals surface area contributed by atoms with Crippen LogP contribution in [0.4, 0.5) is 17.1 Å². The van der Waals surface area contributed by atoms with Crippen LogP contribution in [0.25, 0.3) is 33.4 Å². The SMILES string of the molecule is Cc1cccc(C)c1/N=c1\cc2oc3cc(Nc4c(C)cccc4C)c([SH](=O)=O)cc3c(-c3ccccc3S(=O)(=O)O)c-2cc1[SH](=O)=O. The molecule has 0 unspecified atom stereocenters. The van der Waals surface area contributed by atoms with Crippen LogP contribution in [0.1, 0.15) is 22.3 Å². The molecule has 6 rings (SSSR count). The molecule has 0 fully saturated rings. The van der Waals surface area contributed by atoms with Gasteiger partial charge in [0.2, 0.25) is 0 Å². The fourth-order valence-electron chi connectivity index (χ4n) is 5.87. The van der Waals surface area contributed by atoms with E-state index in [0.717, 1.165) is 22.3 Å². The first-order valence-electron chi connectivity index (χ1n) is 14.6. The monoisotopic (exact) mass is 702 g/mol. The number of thiol groups is 2. The van der Waals surface area contributed by atoms with Gasteiger partial charge in [0, 0.05) is 39.9 Å². The van der Waals surface area contributed by atoms with Gasteiger partial charge in [-0.15, -0.1) is 0 Å². The first kappa shape index (κ1) is 33.1. The first-order chi connectivity index (χ1) is 22.7. The summed E-state index contributed by atoms with van der Waals surface area (Å²) in [6, 6.07) is 22.5. The summed E-state index contributed by atoms with van der Waals surface area (Å²) in [5, 5.41) is 3.50. The number of hydrogen-bond donors (Lipinski definition) is 4. The summed E-state index contributed by atoms with van der Waals surface area (Å²) in [5.74, 6) is 0.144. The Morgan fingerprint density at radius 2 is 1.31 bits per heavy atom. The average Bonchev–Trinajstić information content (AvgIpc) is 3.02. The molecule has 4 aromatic rings. The van der Waals surface area contributed by atoms with Crippen molar-refractivity contribution in [1.82, 2.24) is 0 Å². The van der Waals surface area contributed by atoms with Crippen LogP contribution in [0.3, 0.4) is 0 Å². The van der Waals surface area contributed by atoms with Crippen molar-refractivity contribution in [1.29, 1.82) is 0 Å². The smallest absolute Gasteiger partial charge is 0.295 e. The van der Waals surface area contributed by atoms with Gasteiger partial charge in [0.15, 0.2) is 21.4 Å². The molecule has 246 valence electrons. The Kier molecular flexibility index (Phi) is 8.73. The maximum atomic E-state index is 12.7. The number of rotatable bonds is 7. The minimum absolute atomic E-state index is 0.0137. The third-order valence-electron chi connectivity index (χ3n) is 8.17. The summed E-state index contributed by atoms with van der Waals surface area (Å²) < 4.78 is 92.6. The van der Waals surface area contributed by atoms with Gasteiger partial charge in [0.25, 0.3) is 10.1 Å². The van der Waals surface area contributed by atoms with Gasteiger partial charge in [0.05, 0.1) is 26.5 Å². The summed E-state index contributed by atoms with van der Waals surface area (Å²) in [4.78, 5) is 3.98. The summed E-state index contributed by atoms with van der Waals surface area (Å²) >= 11 is 0. The molecule has 0 saturated heterocycles. The lowest BCUT2D eigenvalue weighted by atomic mass is 9.93. The van der Waals surface area contributed by atoms with Crippen molar-refractivity contribution in [2.45, 2.75) is 42.4 Å². The van der Waals surface area contributed by atoms with Crippen LogP contribution in [0.15, 0.2) is 109 Å². The minimum atomic E-state index is -4.79. The second-order valence-electron chi connectivity index (χ2n) is 11.4. The van der Waals surface area contributed by atoms with Gasteiger partial charge in [-0.25, -0.2) is 21.8 Å². The molecule has 0 atom stereocenters. The first-order valence-corrected chi connectivity index (χ1v) is 18.4. The standard InChI is InChI=1S/C35H30N2O8S3/c1-19-9-7-10-20(2)34(19)36-26-17-28-24(15-30(26)46(38)39)33(23-13-5-6-14-32(23)48(42,43)44)25-16-31(47(40)41)27(18-29(25)45-28)37-35-21(3)11-8-12-22(35)4/h5-18,36,46-47H,1-4H3,(H,42,43,44)/b37-27+. The molecule has 0 aromatic heterocycles. The Morgan fingerprint density at radius 3 is 1.92 bits per heavy atom. The van der Waals surface area contributed by atoms with Crippen molar-refractivity contribution in [3.05, 3.63) is 113 Å². The zero-order valence-corrected chi connectivity index (χ0v) is 28.7. The number of fused-ring (bicyclic) bond motifs is 2. The molecule has 13 heteroatoms. The molecule has 2 N–H and O–H groups in total. The van der Waals surface area contributed by atoms with Crippen molar-refractivity contribution < 1.29 is 34.2 Å². The second kappa shape index (κ2) is 12.7. The van der Waals surface area contributed by atoms with E-state index in [-0.39, 0.29) is 54.3 Å². The molecule has 2 aliphatic rings. The Hall–Kier alpha value is -4.82. The third-order valence-corrected chi connectivity index (χ3v) is 10.6.